The molecular formula is C17H15FO3. The van der Waals surface area contributed by atoms with Gasteiger partial charge >= 0.3 is 0 Å². The number of hydrogen-bond acceptors (Lipinski definition) is 3. The summed E-state index contributed by atoms with van der Waals surface area (Å²) in [5.41, 5.74) is 1.80. The molecule has 2 aromatic carbocycles. The van der Waals surface area contributed by atoms with Crippen LogP contribution in [0.15, 0.2) is 36.4 Å². The summed E-state index contributed by atoms with van der Waals surface area (Å²) in [5.74, 6) is -0.0350. The van der Waals surface area contributed by atoms with Gasteiger partial charge in [-0.05, 0) is 42.7 Å². The van der Waals surface area contributed by atoms with Crippen molar-refractivity contribution in [3.63, 3.8) is 0 Å². The van der Waals surface area contributed by atoms with Gasteiger partial charge in [-0.2, -0.15) is 0 Å². The molecule has 0 bridgehead atoms. The van der Waals surface area contributed by atoms with Crippen LogP contribution in [0.25, 0.3) is 0 Å². The van der Waals surface area contributed by atoms with Crippen LogP contribution in [0.2, 0.25) is 0 Å². The lowest BCUT2D eigenvalue weighted by atomic mass is 9.97. The first-order chi connectivity index (χ1) is 10.2. The molecule has 0 unspecified atom stereocenters. The SMILES string of the molecule is COc1ccc(C(=O)c2cccc3c2OCCC3)cc1F. The Hall–Kier alpha value is -2.36. The van der Waals surface area contributed by atoms with Crippen molar-refractivity contribution in [1.29, 1.82) is 0 Å². The fourth-order valence-corrected chi connectivity index (χ4v) is 2.53. The van der Waals surface area contributed by atoms with Crippen molar-refractivity contribution >= 4 is 5.78 Å². The summed E-state index contributed by atoms with van der Waals surface area (Å²) >= 11 is 0. The van der Waals surface area contributed by atoms with Gasteiger partial charge in [0, 0.05) is 5.56 Å². The van der Waals surface area contributed by atoms with E-state index in [0.717, 1.165) is 18.4 Å². The largest absolute Gasteiger partial charge is 0.494 e. The molecule has 1 aliphatic rings. The topological polar surface area (TPSA) is 35.5 Å². The van der Waals surface area contributed by atoms with Crippen molar-refractivity contribution in [2.75, 3.05) is 13.7 Å². The minimum atomic E-state index is -0.547. The van der Waals surface area contributed by atoms with Crippen LogP contribution in [-0.2, 0) is 6.42 Å². The molecule has 0 saturated carbocycles. The Bertz CT molecular complexity index is 694. The van der Waals surface area contributed by atoms with Crippen molar-refractivity contribution in [2.45, 2.75) is 12.8 Å². The van der Waals surface area contributed by atoms with E-state index in [1.165, 1.54) is 19.2 Å². The third-order valence-corrected chi connectivity index (χ3v) is 3.59. The number of carbonyl (C=O) groups excluding carboxylic acids is 1. The highest BCUT2D eigenvalue weighted by Gasteiger charge is 2.21. The Morgan fingerprint density at radius 3 is 2.90 bits per heavy atom. The highest BCUT2D eigenvalue weighted by atomic mass is 19.1. The lowest BCUT2D eigenvalue weighted by Gasteiger charge is -2.19. The zero-order valence-electron chi connectivity index (χ0n) is 11.7. The molecule has 3 rings (SSSR count). The first-order valence-corrected chi connectivity index (χ1v) is 6.83. The number of ether oxygens (including phenoxy) is 2. The molecular weight excluding hydrogens is 271 g/mol. The first kappa shape index (κ1) is 13.6. The monoisotopic (exact) mass is 286 g/mol. The molecule has 1 heterocycles. The van der Waals surface area contributed by atoms with Gasteiger partial charge in [0.1, 0.15) is 5.75 Å². The summed E-state index contributed by atoms with van der Waals surface area (Å²) in [6, 6.07) is 9.73. The fraction of sp³-hybridized carbons (Fsp3) is 0.235. The third kappa shape index (κ3) is 2.49. The smallest absolute Gasteiger partial charge is 0.196 e. The fourth-order valence-electron chi connectivity index (χ4n) is 2.53. The second kappa shape index (κ2) is 5.56. The summed E-state index contributed by atoms with van der Waals surface area (Å²) in [7, 11) is 1.39. The molecule has 0 fully saturated rings. The summed E-state index contributed by atoms with van der Waals surface area (Å²) in [6.45, 7) is 0.605. The summed E-state index contributed by atoms with van der Waals surface area (Å²) in [6.07, 6.45) is 1.84. The Balaban J connectivity index is 2.01. The minimum absolute atomic E-state index is 0.123. The van der Waals surface area contributed by atoms with Gasteiger partial charge in [0.15, 0.2) is 17.3 Å². The van der Waals surface area contributed by atoms with Gasteiger partial charge in [0.25, 0.3) is 0 Å². The van der Waals surface area contributed by atoms with Crippen LogP contribution in [0.5, 0.6) is 11.5 Å². The summed E-state index contributed by atoms with van der Waals surface area (Å²) < 4.78 is 24.3. The molecule has 108 valence electrons. The third-order valence-electron chi connectivity index (χ3n) is 3.59. The van der Waals surface area contributed by atoms with Crippen molar-refractivity contribution in [1.82, 2.24) is 0 Å². The Kier molecular flexibility index (Phi) is 3.60. The summed E-state index contributed by atoms with van der Waals surface area (Å²) in [5, 5.41) is 0. The second-order valence-electron chi connectivity index (χ2n) is 4.92. The number of fused-ring (bicyclic) bond motifs is 1. The zero-order valence-corrected chi connectivity index (χ0v) is 11.7. The van der Waals surface area contributed by atoms with E-state index in [9.17, 15) is 9.18 Å². The lowest BCUT2D eigenvalue weighted by Crippen LogP contribution is -2.13. The van der Waals surface area contributed by atoms with Crippen molar-refractivity contribution in [2.24, 2.45) is 0 Å². The molecule has 0 saturated heterocycles. The van der Waals surface area contributed by atoms with Crippen LogP contribution in [0.4, 0.5) is 4.39 Å². The highest BCUT2D eigenvalue weighted by Crippen LogP contribution is 2.31. The number of halogens is 1. The molecule has 1 aliphatic heterocycles. The Labute approximate surface area is 122 Å². The van der Waals surface area contributed by atoms with Crippen molar-refractivity contribution < 1.29 is 18.7 Å². The van der Waals surface area contributed by atoms with Gasteiger partial charge < -0.3 is 9.47 Å². The Morgan fingerprint density at radius 2 is 2.14 bits per heavy atom. The van der Waals surface area contributed by atoms with Gasteiger partial charge in [0.2, 0.25) is 0 Å². The van der Waals surface area contributed by atoms with Crippen LogP contribution in [0.1, 0.15) is 27.9 Å². The van der Waals surface area contributed by atoms with E-state index in [1.807, 2.05) is 12.1 Å². The summed E-state index contributed by atoms with van der Waals surface area (Å²) in [4.78, 5) is 12.6. The van der Waals surface area contributed by atoms with Crippen LogP contribution >= 0.6 is 0 Å². The number of carbonyl (C=O) groups is 1. The number of para-hydroxylation sites is 1. The average molecular weight is 286 g/mol. The van der Waals surface area contributed by atoms with Gasteiger partial charge in [-0.1, -0.05) is 12.1 Å². The van der Waals surface area contributed by atoms with E-state index in [0.29, 0.717) is 17.9 Å². The molecule has 0 aliphatic carbocycles. The second-order valence-corrected chi connectivity index (χ2v) is 4.92. The molecule has 0 aromatic heterocycles. The van der Waals surface area contributed by atoms with E-state index < -0.39 is 5.82 Å². The maximum Gasteiger partial charge on any atom is 0.196 e. The highest BCUT2D eigenvalue weighted by molar-refractivity contribution is 6.11. The van der Waals surface area contributed by atoms with Gasteiger partial charge in [-0.25, -0.2) is 4.39 Å². The lowest BCUT2D eigenvalue weighted by molar-refractivity contribution is 0.103. The van der Waals surface area contributed by atoms with Crippen LogP contribution < -0.4 is 9.47 Å². The van der Waals surface area contributed by atoms with E-state index >= 15 is 0 Å². The number of aryl methyl sites for hydroxylation is 1. The van der Waals surface area contributed by atoms with E-state index in [2.05, 4.69) is 0 Å². The number of ketones is 1. The number of hydrogen-bond donors (Lipinski definition) is 0. The molecule has 2 aromatic rings. The normalized spacial score (nSPS) is 13.2. The molecule has 4 heteroatoms. The molecule has 3 nitrogen and oxygen atoms in total. The molecule has 0 radical (unpaired) electrons. The van der Waals surface area contributed by atoms with Crippen LogP contribution in [0, 0.1) is 5.82 Å². The van der Waals surface area contributed by atoms with E-state index in [4.69, 9.17) is 9.47 Å². The number of rotatable bonds is 3. The molecule has 0 N–H and O–H groups in total. The van der Waals surface area contributed by atoms with Gasteiger partial charge in [-0.15, -0.1) is 0 Å². The van der Waals surface area contributed by atoms with Crippen LogP contribution in [0.3, 0.4) is 0 Å². The molecule has 0 amide bonds. The quantitative estimate of drug-likeness (QED) is 0.811. The molecule has 0 atom stereocenters. The van der Waals surface area contributed by atoms with E-state index in [1.54, 1.807) is 12.1 Å². The predicted octanol–water partition coefficient (Wildman–Crippen LogP) is 3.39. The standard InChI is InChI=1S/C17H15FO3/c1-20-15-8-7-12(10-14(15)18)16(19)13-6-2-4-11-5-3-9-21-17(11)13/h2,4,6-8,10H,3,5,9H2,1H3. The maximum atomic E-state index is 13.8. The van der Waals surface area contributed by atoms with Crippen molar-refractivity contribution in [3.05, 3.63) is 58.9 Å². The zero-order chi connectivity index (χ0) is 14.8. The van der Waals surface area contributed by atoms with E-state index in [-0.39, 0.29) is 17.1 Å². The Morgan fingerprint density at radius 1 is 1.29 bits per heavy atom. The van der Waals surface area contributed by atoms with Gasteiger partial charge in [0.05, 0.1) is 19.3 Å². The first-order valence-electron chi connectivity index (χ1n) is 6.83. The van der Waals surface area contributed by atoms with Crippen LogP contribution in [-0.4, -0.2) is 19.5 Å². The predicted molar refractivity (Wildman–Crippen MR) is 76.6 cm³/mol. The maximum absolute atomic E-state index is 13.8. The molecule has 0 spiro atoms. The van der Waals surface area contributed by atoms with Crippen molar-refractivity contribution in [3.8, 4) is 11.5 Å². The number of benzene rings is 2. The van der Waals surface area contributed by atoms with Gasteiger partial charge in [-0.3, -0.25) is 4.79 Å². The molecule has 21 heavy (non-hydrogen) atoms. The average Bonchev–Trinajstić information content (AvgIpc) is 2.53. The number of methoxy groups -OCH3 is 1. The minimum Gasteiger partial charge on any atom is -0.494 e.